The second-order valence-corrected chi connectivity index (χ2v) is 10.00. The van der Waals surface area contributed by atoms with E-state index in [1.807, 2.05) is 71.3 Å². The lowest BCUT2D eigenvalue weighted by molar-refractivity contribution is -0.118. The number of thioether (sulfide) groups is 1. The van der Waals surface area contributed by atoms with Crippen molar-refractivity contribution in [3.8, 4) is 28.6 Å². The highest BCUT2D eigenvalue weighted by atomic mass is 35.5. The SMILES string of the molecule is COc1cc(/C=N\NC(=O)CSc2nnc(-c3ccncc3)n2-c2ccc(Cl)cc2)ccc1OCc1ccccc1. The number of rotatable bonds is 11. The van der Waals surface area contributed by atoms with Gasteiger partial charge in [0.15, 0.2) is 22.5 Å². The number of carbonyl (C=O) groups excluding carboxylic acids is 1. The molecule has 0 unspecified atom stereocenters. The standard InChI is InChI=1S/C30H25ClN6O3S/c1-39-27-17-22(7-12-26(27)40-19-21-5-3-2-4-6-21)18-33-34-28(38)20-41-30-36-35-29(23-13-15-32-16-14-23)37(30)25-10-8-24(31)9-11-25/h2-18H,19-20H2,1H3,(H,34,38)/b33-18-. The molecule has 1 N–H and O–H groups in total. The zero-order chi connectivity index (χ0) is 28.4. The van der Waals surface area contributed by atoms with E-state index in [0.717, 1.165) is 22.4 Å². The molecule has 0 aliphatic heterocycles. The van der Waals surface area contributed by atoms with Crippen LogP contribution in [0.5, 0.6) is 11.5 Å². The molecule has 5 rings (SSSR count). The van der Waals surface area contributed by atoms with Crippen LogP contribution >= 0.6 is 23.4 Å². The molecule has 206 valence electrons. The lowest BCUT2D eigenvalue weighted by Gasteiger charge is -2.11. The largest absolute Gasteiger partial charge is 0.493 e. The summed E-state index contributed by atoms with van der Waals surface area (Å²) in [6.07, 6.45) is 4.93. The molecule has 11 heteroatoms. The average molecular weight is 585 g/mol. The summed E-state index contributed by atoms with van der Waals surface area (Å²) in [6, 6.07) is 26.3. The van der Waals surface area contributed by atoms with Crippen molar-refractivity contribution in [3.63, 3.8) is 0 Å². The van der Waals surface area contributed by atoms with Crippen LogP contribution in [-0.4, -0.2) is 44.7 Å². The van der Waals surface area contributed by atoms with Gasteiger partial charge in [0.2, 0.25) is 0 Å². The number of halogens is 1. The van der Waals surface area contributed by atoms with E-state index in [2.05, 4.69) is 25.7 Å². The van der Waals surface area contributed by atoms with Crippen molar-refractivity contribution >= 4 is 35.5 Å². The molecule has 2 heterocycles. The summed E-state index contributed by atoms with van der Waals surface area (Å²) in [6.45, 7) is 0.425. The molecule has 0 fully saturated rings. The summed E-state index contributed by atoms with van der Waals surface area (Å²) in [5.41, 5.74) is 6.02. The van der Waals surface area contributed by atoms with Crippen LogP contribution in [0.25, 0.3) is 17.1 Å². The minimum atomic E-state index is -0.294. The Labute approximate surface area is 246 Å². The predicted molar refractivity (Wildman–Crippen MR) is 160 cm³/mol. The minimum Gasteiger partial charge on any atom is -0.493 e. The van der Waals surface area contributed by atoms with Crippen LogP contribution in [0.1, 0.15) is 11.1 Å². The first-order chi connectivity index (χ1) is 20.1. The van der Waals surface area contributed by atoms with E-state index in [-0.39, 0.29) is 11.7 Å². The highest BCUT2D eigenvalue weighted by molar-refractivity contribution is 7.99. The van der Waals surface area contributed by atoms with Crippen LogP contribution in [0.15, 0.2) is 108 Å². The van der Waals surface area contributed by atoms with Gasteiger partial charge in [-0.15, -0.1) is 10.2 Å². The third-order valence-corrected chi connectivity index (χ3v) is 7.00. The summed E-state index contributed by atoms with van der Waals surface area (Å²) in [5.74, 6) is 1.59. The van der Waals surface area contributed by atoms with Crippen molar-refractivity contribution < 1.29 is 14.3 Å². The van der Waals surface area contributed by atoms with Crippen molar-refractivity contribution in [3.05, 3.63) is 113 Å². The Bertz CT molecular complexity index is 1630. The van der Waals surface area contributed by atoms with Gasteiger partial charge in [0.25, 0.3) is 5.91 Å². The van der Waals surface area contributed by atoms with E-state index in [0.29, 0.717) is 34.1 Å². The summed E-state index contributed by atoms with van der Waals surface area (Å²) in [7, 11) is 1.58. The molecule has 2 aromatic heterocycles. The van der Waals surface area contributed by atoms with Gasteiger partial charge in [0.05, 0.1) is 19.1 Å². The van der Waals surface area contributed by atoms with Gasteiger partial charge in [-0.1, -0.05) is 53.7 Å². The molecule has 1 amide bonds. The number of pyridine rings is 1. The number of nitrogens with one attached hydrogen (secondary N) is 1. The number of hydrogen-bond acceptors (Lipinski definition) is 8. The topological polar surface area (TPSA) is 104 Å². The molecule has 0 saturated carbocycles. The van der Waals surface area contributed by atoms with Gasteiger partial charge in [-0.05, 0) is 65.7 Å². The maximum atomic E-state index is 12.6. The van der Waals surface area contributed by atoms with Gasteiger partial charge in [-0.2, -0.15) is 5.10 Å². The zero-order valence-corrected chi connectivity index (χ0v) is 23.5. The van der Waals surface area contributed by atoms with Gasteiger partial charge in [0, 0.05) is 28.7 Å². The Morgan fingerprint density at radius 1 is 1.00 bits per heavy atom. The van der Waals surface area contributed by atoms with Crippen LogP contribution in [0.2, 0.25) is 5.02 Å². The van der Waals surface area contributed by atoms with Crippen LogP contribution in [-0.2, 0) is 11.4 Å². The number of ether oxygens (including phenoxy) is 2. The zero-order valence-electron chi connectivity index (χ0n) is 22.0. The molecule has 0 aliphatic rings. The minimum absolute atomic E-state index is 0.0784. The van der Waals surface area contributed by atoms with Crippen LogP contribution in [0.4, 0.5) is 0 Å². The molecule has 5 aromatic rings. The van der Waals surface area contributed by atoms with Gasteiger partial charge in [0.1, 0.15) is 6.61 Å². The summed E-state index contributed by atoms with van der Waals surface area (Å²) in [4.78, 5) is 16.7. The molecular weight excluding hydrogens is 560 g/mol. The lowest BCUT2D eigenvalue weighted by Crippen LogP contribution is -2.20. The molecule has 41 heavy (non-hydrogen) atoms. The molecule has 0 radical (unpaired) electrons. The highest BCUT2D eigenvalue weighted by Crippen LogP contribution is 2.29. The van der Waals surface area contributed by atoms with Gasteiger partial charge in [-0.3, -0.25) is 14.3 Å². The summed E-state index contributed by atoms with van der Waals surface area (Å²) in [5, 5.41) is 14.0. The van der Waals surface area contributed by atoms with Crippen LogP contribution in [0.3, 0.4) is 0 Å². The van der Waals surface area contributed by atoms with E-state index in [1.54, 1.807) is 43.9 Å². The average Bonchev–Trinajstić information content (AvgIpc) is 3.44. The monoisotopic (exact) mass is 584 g/mol. The Hall–Kier alpha value is -4.67. The van der Waals surface area contributed by atoms with Crippen molar-refractivity contribution in [1.82, 2.24) is 25.2 Å². The third-order valence-electron chi connectivity index (χ3n) is 5.82. The second-order valence-electron chi connectivity index (χ2n) is 8.62. The van der Waals surface area contributed by atoms with E-state index in [1.165, 1.54) is 11.8 Å². The number of aromatic nitrogens is 4. The fourth-order valence-electron chi connectivity index (χ4n) is 3.83. The molecule has 3 aromatic carbocycles. The summed E-state index contributed by atoms with van der Waals surface area (Å²) >= 11 is 7.34. The fraction of sp³-hybridized carbons (Fsp3) is 0.100. The molecule has 0 bridgehead atoms. The molecule has 0 saturated heterocycles. The number of benzene rings is 3. The third kappa shape index (κ3) is 7.30. The molecule has 9 nitrogen and oxygen atoms in total. The molecular formula is C30H25ClN6O3S. The Kier molecular flexibility index (Phi) is 9.25. The fourth-order valence-corrected chi connectivity index (χ4v) is 4.70. The lowest BCUT2D eigenvalue weighted by atomic mass is 10.2. The Morgan fingerprint density at radius 3 is 2.54 bits per heavy atom. The number of amides is 1. The van der Waals surface area contributed by atoms with Crippen molar-refractivity contribution in [1.29, 1.82) is 0 Å². The number of nitrogens with zero attached hydrogens (tertiary/aromatic N) is 5. The van der Waals surface area contributed by atoms with Crippen molar-refractivity contribution in [2.24, 2.45) is 5.10 Å². The van der Waals surface area contributed by atoms with Crippen LogP contribution < -0.4 is 14.9 Å². The smallest absolute Gasteiger partial charge is 0.250 e. The van der Waals surface area contributed by atoms with Gasteiger partial charge >= 0.3 is 0 Å². The molecule has 0 atom stereocenters. The van der Waals surface area contributed by atoms with E-state index in [9.17, 15) is 4.79 Å². The van der Waals surface area contributed by atoms with Gasteiger partial charge in [-0.25, -0.2) is 5.43 Å². The maximum absolute atomic E-state index is 12.6. The molecule has 0 aliphatic carbocycles. The number of hydrazone groups is 1. The summed E-state index contributed by atoms with van der Waals surface area (Å²) < 4.78 is 13.2. The predicted octanol–water partition coefficient (Wildman–Crippen LogP) is 5.81. The van der Waals surface area contributed by atoms with E-state index < -0.39 is 0 Å². The normalized spacial score (nSPS) is 11.0. The number of hydrogen-bond donors (Lipinski definition) is 1. The number of methoxy groups -OCH3 is 1. The second kappa shape index (κ2) is 13.6. The van der Waals surface area contributed by atoms with Crippen LogP contribution in [0, 0.1) is 0 Å². The number of carbonyl (C=O) groups is 1. The molecule has 0 spiro atoms. The Balaban J connectivity index is 1.22. The quantitative estimate of drug-likeness (QED) is 0.119. The maximum Gasteiger partial charge on any atom is 0.250 e. The van der Waals surface area contributed by atoms with Crippen molar-refractivity contribution in [2.75, 3.05) is 12.9 Å². The highest BCUT2D eigenvalue weighted by Gasteiger charge is 2.17. The van der Waals surface area contributed by atoms with Crippen molar-refractivity contribution in [2.45, 2.75) is 11.8 Å². The first-order valence-corrected chi connectivity index (χ1v) is 13.9. The van der Waals surface area contributed by atoms with E-state index in [4.69, 9.17) is 21.1 Å². The van der Waals surface area contributed by atoms with Gasteiger partial charge < -0.3 is 9.47 Å². The first kappa shape index (κ1) is 27.9. The first-order valence-electron chi connectivity index (χ1n) is 12.5. The van der Waals surface area contributed by atoms with E-state index >= 15 is 0 Å². The Morgan fingerprint density at radius 2 is 1.78 bits per heavy atom.